The number of piperazine rings is 1. The Bertz CT molecular complexity index is 954. The van der Waals surface area contributed by atoms with Crippen LogP contribution in [0.1, 0.15) is 11.1 Å². The fraction of sp³-hybridized carbons (Fsp3) is 0.333. The van der Waals surface area contributed by atoms with E-state index in [0.717, 1.165) is 25.7 Å². The lowest BCUT2D eigenvalue weighted by Crippen LogP contribution is -2.46. The Morgan fingerprint density at radius 2 is 1.78 bits per heavy atom. The van der Waals surface area contributed by atoms with Crippen LogP contribution in [0.4, 0.5) is 11.4 Å². The molecule has 2 N–H and O–H groups in total. The lowest BCUT2D eigenvalue weighted by molar-refractivity contribution is -0.384. The number of hydrogen-bond acceptors (Lipinski definition) is 6. The van der Waals surface area contributed by atoms with Crippen LogP contribution in [0, 0.1) is 17.0 Å². The average Bonchev–Trinajstić information content (AvgIpc) is 2.63. The Morgan fingerprint density at radius 3 is 2.37 bits per heavy atom. The van der Waals surface area contributed by atoms with Gasteiger partial charge in [-0.3, -0.25) is 15.0 Å². The molecule has 27 heavy (non-hydrogen) atoms. The highest BCUT2D eigenvalue weighted by atomic mass is 32.2. The van der Waals surface area contributed by atoms with Gasteiger partial charge in [-0.05, 0) is 30.2 Å². The third-order valence-electron chi connectivity index (χ3n) is 4.84. The molecule has 0 atom stereocenters. The lowest BCUT2D eigenvalue weighted by Gasteiger charge is -2.36. The lowest BCUT2D eigenvalue weighted by atomic mass is 10.1. The van der Waals surface area contributed by atoms with Crippen LogP contribution >= 0.6 is 0 Å². The van der Waals surface area contributed by atoms with E-state index in [1.165, 1.54) is 23.3 Å². The molecule has 144 valence electrons. The number of nitrogens with zero attached hydrogens (tertiary/aromatic N) is 3. The summed E-state index contributed by atoms with van der Waals surface area (Å²) < 4.78 is 22.9. The molecule has 1 saturated heterocycles. The minimum atomic E-state index is -3.98. The molecular formula is C18H22N4O4S. The zero-order chi connectivity index (χ0) is 19.6. The molecule has 0 spiro atoms. The molecule has 0 radical (unpaired) electrons. The van der Waals surface area contributed by atoms with E-state index in [4.69, 9.17) is 5.14 Å². The van der Waals surface area contributed by atoms with Crippen molar-refractivity contribution in [2.75, 3.05) is 31.1 Å². The van der Waals surface area contributed by atoms with Crippen molar-refractivity contribution in [2.45, 2.75) is 18.4 Å². The van der Waals surface area contributed by atoms with E-state index in [1.807, 2.05) is 17.0 Å². The second-order valence-corrected chi connectivity index (χ2v) is 8.20. The van der Waals surface area contributed by atoms with E-state index >= 15 is 0 Å². The van der Waals surface area contributed by atoms with Crippen LogP contribution in [0.3, 0.4) is 0 Å². The summed E-state index contributed by atoms with van der Waals surface area (Å²) in [4.78, 5) is 14.8. The fourth-order valence-corrected chi connectivity index (χ4v) is 3.80. The molecule has 1 aliphatic heterocycles. The molecule has 2 aromatic carbocycles. The van der Waals surface area contributed by atoms with Gasteiger partial charge in [0.1, 0.15) is 5.69 Å². The molecule has 0 saturated carbocycles. The summed E-state index contributed by atoms with van der Waals surface area (Å²) in [7, 11) is -3.98. The van der Waals surface area contributed by atoms with Crippen LogP contribution < -0.4 is 10.0 Å². The second-order valence-electron chi connectivity index (χ2n) is 6.64. The first kappa shape index (κ1) is 19.3. The first-order chi connectivity index (χ1) is 12.8. The first-order valence-electron chi connectivity index (χ1n) is 8.59. The molecule has 0 aromatic heterocycles. The Labute approximate surface area is 158 Å². The number of hydrogen-bond donors (Lipinski definition) is 1. The van der Waals surface area contributed by atoms with Gasteiger partial charge in [-0.1, -0.05) is 24.3 Å². The van der Waals surface area contributed by atoms with Crippen molar-refractivity contribution in [3.05, 3.63) is 63.7 Å². The van der Waals surface area contributed by atoms with Gasteiger partial charge < -0.3 is 4.90 Å². The summed E-state index contributed by atoms with van der Waals surface area (Å²) in [5, 5.41) is 16.5. The van der Waals surface area contributed by atoms with E-state index < -0.39 is 14.9 Å². The number of sulfonamides is 1. The number of nitro groups is 1. The molecule has 1 heterocycles. The van der Waals surface area contributed by atoms with Crippen LogP contribution in [-0.2, 0) is 16.6 Å². The number of nitrogens with two attached hydrogens (primary N) is 1. The molecule has 1 aliphatic rings. The molecule has 9 heteroatoms. The topological polar surface area (TPSA) is 110 Å². The van der Waals surface area contributed by atoms with E-state index in [1.54, 1.807) is 0 Å². The molecule has 3 rings (SSSR count). The van der Waals surface area contributed by atoms with E-state index in [9.17, 15) is 18.5 Å². The van der Waals surface area contributed by atoms with E-state index in [2.05, 4.69) is 24.0 Å². The fourth-order valence-electron chi connectivity index (χ4n) is 3.27. The predicted octanol–water partition coefficient (Wildman–Crippen LogP) is 1.87. The van der Waals surface area contributed by atoms with Crippen LogP contribution in [0.15, 0.2) is 47.4 Å². The van der Waals surface area contributed by atoms with Crippen LogP contribution in [-0.4, -0.2) is 44.4 Å². The number of nitro benzene ring substituents is 1. The molecule has 0 unspecified atom stereocenters. The van der Waals surface area contributed by atoms with Crippen molar-refractivity contribution in [2.24, 2.45) is 5.14 Å². The standard InChI is InChI=1S/C18H22N4O4S/c1-14-4-2-3-5-15(14)13-20-8-10-21(11-9-20)17-7-6-16(27(19,25)26)12-18(17)22(23)24/h2-7,12H,8-11,13H2,1H3,(H2,19,25,26). The third kappa shape index (κ3) is 4.44. The van der Waals surface area contributed by atoms with E-state index in [-0.39, 0.29) is 10.6 Å². The Balaban J connectivity index is 1.74. The number of rotatable bonds is 5. The van der Waals surface area contributed by atoms with Gasteiger partial charge in [0.25, 0.3) is 5.69 Å². The van der Waals surface area contributed by atoms with Gasteiger partial charge in [-0.25, -0.2) is 13.6 Å². The second kappa shape index (κ2) is 7.63. The molecule has 2 aromatic rings. The van der Waals surface area contributed by atoms with Crippen molar-refractivity contribution in [1.29, 1.82) is 0 Å². The van der Waals surface area contributed by atoms with Crippen LogP contribution in [0.25, 0.3) is 0 Å². The van der Waals surface area contributed by atoms with Gasteiger partial charge in [0.2, 0.25) is 10.0 Å². The van der Waals surface area contributed by atoms with Gasteiger partial charge in [-0.2, -0.15) is 0 Å². The van der Waals surface area contributed by atoms with E-state index in [0.29, 0.717) is 18.8 Å². The molecule has 0 amide bonds. The van der Waals surface area contributed by atoms with Crippen molar-refractivity contribution in [1.82, 2.24) is 4.90 Å². The van der Waals surface area contributed by atoms with Crippen molar-refractivity contribution < 1.29 is 13.3 Å². The molecule has 8 nitrogen and oxygen atoms in total. The summed E-state index contributed by atoms with van der Waals surface area (Å²) in [6, 6.07) is 12.0. The smallest absolute Gasteiger partial charge is 0.293 e. The Kier molecular flexibility index (Phi) is 5.45. The zero-order valence-corrected chi connectivity index (χ0v) is 15.9. The van der Waals surface area contributed by atoms with Crippen LogP contribution in [0.2, 0.25) is 0 Å². The summed E-state index contributed by atoms with van der Waals surface area (Å²) >= 11 is 0. The predicted molar refractivity (Wildman–Crippen MR) is 103 cm³/mol. The van der Waals surface area contributed by atoms with Crippen molar-refractivity contribution >= 4 is 21.4 Å². The maximum atomic E-state index is 11.5. The monoisotopic (exact) mass is 390 g/mol. The maximum Gasteiger partial charge on any atom is 0.293 e. The molecule has 1 fully saturated rings. The Hall–Kier alpha value is -2.49. The summed E-state index contributed by atoms with van der Waals surface area (Å²) in [6.07, 6.45) is 0. The van der Waals surface area contributed by atoms with Gasteiger partial charge in [0, 0.05) is 38.8 Å². The molecule has 0 aliphatic carbocycles. The SMILES string of the molecule is Cc1ccccc1CN1CCN(c2ccc(S(N)(=O)=O)cc2[N+](=O)[O-])CC1. The first-order valence-corrected chi connectivity index (χ1v) is 10.1. The van der Waals surface area contributed by atoms with Crippen LogP contribution in [0.5, 0.6) is 0 Å². The quantitative estimate of drug-likeness (QED) is 0.616. The third-order valence-corrected chi connectivity index (χ3v) is 5.75. The number of aryl methyl sites for hydroxylation is 1. The average molecular weight is 390 g/mol. The van der Waals surface area contributed by atoms with Gasteiger partial charge in [0.15, 0.2) is 0 Å². The highest BCUT2D eigenvalue weighted by molar-refractivity contribution is 7.89. The normalized spacial score (nSPS) is 15.7. The summed E-state index contributed by atoms with van der Waals surface area (Å²) in [5.74, 6) is 0. The number of primary sulfonamides is 1. The molecule has 0 bridgehead atoms. The number of anilines is 1. The van der Waals surface area contributed by atoms with Gasteiger partial charge in [-0.15, -0.1) is 0 Å². The highest BCUT2D eigenvalue weighted by Crippen LogP contribution is 2.31. The van der Waals surface area contributed by atoms with Gasteiger partial charge in [0.05, 0.1) is 9.82 Å². The van der Waals surface area contributed by atoms with Crippen molar-refractivity contribution in [3.63, 3.8) is 0 Å². The maximum absolute atomic E-state index is 11.5. The summed E-state index contributed by atoms with van der Waals surface area (Å²) in [5.41, 5.74) is 2.69. The van der Waals surface area contributed by atoms with Crippen molar-refractivity contribution in [3.8, 4) is 0 Å². The number of benzene rings is 2. The largest absolute Gasteiger partial charge is 0.363 e. The van der Waals surface area contributed by atoms with Gasteiger partial charge >= 0.3 is 0 Å². The highest BCUT2D eigenvalue weighted by Gasteiger charge is 2.25. The molecular weight excluding hydrogens is 368 g/mol. The minimum absolute atomic E-state index is 0.242. The Morgan fingerprint density at radius 1 is 1.11 bits per heavy atom. The minimum Gasteiger partial charge on any atom is -0.363 e. The zero-order valence-electron chi connectivity index (χ0n) is 15.0. The summed E-state index contributed by atoms with van der Waals surface area (Å²) in [6.45, 7) is 5.71.